The van der Waals surface area contributed by atoms with E-state index in [2.05, 4.69) is 5.32 Å². The van der Waals surface area contributed by atoms with Crippen LogP contribution in [-0.4, -0.2) is 10.5 Å². The van der Waals surface area contributed by atoms with Crippen LogP contribution in [0.5, 0.6) is 0 Å². The summed E-state index contributed by atoms with van der Waals surface area (Å²) >= 11 is 0. The van der Waals surface area contributed by atoms with Crippen LogP contribution in [-0.2, 0) is 11.3 Å². The summed E-state index contributed by atoms with van der Waals surface area (Å²) in [6.45, 7) is 2.45. The van der Waals surface area contributed by atoms with Gasteiger partial charge in [0, 0.05) is 36.6 Å². The van der Waals surface area contributed by atoms with Gasteiger partial charge in [-0.3, -0.25) is 9.59 Å². The highest BCUT2D eigenvalue weighted by molar-refractivity contribution is 5.91. The fraction of sp³-hybridized carbons (Fsp3) is 0.250. The lowest BCUT2D eigenvalue weighted by molar-refractivity contribution is -0.116. The van der Waals surface area contributed by atoms with Gasteiger partial charge in [-0.25, -0.2) is 0 Å². The number of nitrogens with zero attached hydrogens (tertiary/aromatic N) is 1. The zero-order chi connectivity index (χ0) is 15.2. The molecular weight excluding hydrogens is 266 g/mol. The number of amides is 1. The van der Waals surface area contributed by atoms with Crippen LogP contribution in [0.4, 0.5) is 11.4 Å². The van der Waals surface area contributed by atoms with E-state index in [0.29, 0.717) is 25.1 Å². The van der Waals surface area contributed by atoms with Crippen LogP contribution >= 0.6 is 0 Å². The second kappa shape index (κ2) is 6.74. The summed E-state index contributed by atoms with van der Waals surface area (Å²) in [7, 11) is 0. The Kier molecular flexibility index (Phi) is 4.77. The van der Waals surface area contributed by atoms with Crippen molar-refractivity contribution in [3.63, 3.8) is 0 Å². The molecule has 0 aliphatic rings. The molecule has 0 aliphatic heterocycles. The first-order valence-corrected chi connectivity index (χ1v) is 6.88. The van der Waals surface area contributed by atoms with Crippen molar-refractivity contribution >= 4 is 17.3 Å². The Balaban J connectivity index is 1.87. The molecule has 5 heteroatoms. The summed E-state index contributed by atoms with van der Waals surface area (Å²) in [4.78, 5) is 23.4. The molecule has 0 fully saturated rings. The van der Waals surface area contributed by atoms with Gasteiger partial charge in [0.2, 0.25) is 11.5 Å². The number of aryl methyl sites for hydroxylation is 2. The van der Waals surface area contributed by atoms with Gasteiger partial charge < -0.3 is 15.6 Å². The van der Waals surface area contributed by atoms with Crippen LogP contribution in [0.25, 0.3) is 0 Å². The van der Waals surface area contributed by atoms with Crippen molar-refractivity contribution in [1.29, 1.82) is 0 Å². The van der Waals surface area contributed by atoms with E-state index >= 15 is 0 Å². The summed E-state index contributed by atoms with van der Waals surface area (Å²) < 4.78 is 1.60. The van der Waals surface area contributed by atoms with Crippen molar-refractivity contribution in [3.8, 4) is 0 Å². The number of nitrogens with two attached hydrogens (primary N) is 1. The average molecular weight is 285 g/mol. The maximum Gasteiger partial charge on any atom is 0.250 e. The third-order valence-corrected chi connectivity index (χ3v) is 3.24. The number of rotatable bonds is 5. The number of nitrogens with one attached hydrogen (secondary N) is 1. The molecule has 2 aromatic rings. The number of carbonyl (C=O) groups is 1. The number of benzene rings is 1. The lowest BCUT2D eigenvalue weighted by Crippen LogP contribution is -2.19. The summed E-state index contributed by atoms with van der Waals surface area (Å²) in [6, 6.07) is 10.4. The van der Waals surface area contributed by atoms with E-state index in [1.165, 1.54) is 6.07 Å². The van der Waals surface area contributed by atoms with Crippen molar-refractivity contribution < 1.29 is 4.79 Å². The maximum atomic E-state index is 11.9. The second-order valence-corrected chi connectivity index (χ2v) is 4.96. The average Bonchev–Trinajstić information content (AvgIpc) is 2.45. The standard InChI is InChI=1S/C16H19N3O2/c1-12-7-8-13(17)11-14(12)18-15(20)5-4-10-19-9-3-2-6-16(19)21/h2-3,6-9,11H,4-5,10,17H2,1H3,(H,18,20). The summed E-state index contributed by atoms with van der Waals surface area (Å²) in [6.07, 6.45) is 2.69. The molecule has 2 rings (SSSR count). The molecule has 0 saturated heterocycles. The minimum absolute atomic E-state index is 0.0513. The predicted octanol–water partition coefficient (Wildman–Crippen LogP) is 2.16. The topological polar surface area (TPSA) is 77.1 Å². The normalized spacial score (nSPS) is 10.3. The van der Waals surface area contributed by atoms with Gasteiger partial charge in [0.25, 0.3) is 0 Å². The fourth-order valence-electron chi connectivity index (χ4n) is 2.04. The van der Waals surface area contributed by atoms with Gasteiger partial charge in [0.05, 0.1) is 0 Å². The molecule has 3 N–H and O–H groups in total. The van der Waals surface area contributed by atoms with Gasteiger partial charge in [0.1, 0.15) is 0 Å². The molecule has 0 atom stereocenters. The van der Waals surface area contributed by atoms with E-state index in [0.717, 1.165) is 11.3 Å². The zero-order valence-electron chi connectivity index (χ0n) is 12.0. The lowest BCUT2D eigenvalue weighted by atomic mass is 10.1. The van der Waals surface area contributed by atoms with Crippen LogP contribution < -0.4 is 16.6 Å². The number of hydrogen-bond donors (Lipinski definition) is 2. The van der Waals surface area contributed by atoms with E-state index in [9.17, 15) is 9.59 Å². The number of hydrogen-bond acceptors (Lipinski definition) is 3. The largest absolute Gasteiger partial charge is 0.399 e. The molecular formula is C16H19N3O2. The number of anilines is 2. The van der Waals surface area contributed by atoms with Crippen molar-refractivity contribution in [2.24, 2.45) is 0 Å². The first kappa shape index (κ1) is 14.8. The molecule has 21 heavy (non-hydrogen) atoms. The molecule has 1 heterocycles. The molecule has 0 unspecified atom stereocenters. The lowest BCUT2D eigenvalue weighted by Gasteiger charge is -2.09. The maximum absolute atomic E-state index is 11.9. The molecule has 1 amide bonds. The molecule has 0 spiro atoms. The molecule has 1 aromatic heterocycles. The number of carbonyl (C=O) groups excluding carboxylic acids is 1. The monoisotopic (exact) mass is 285 g/mol. The number of nitrogen functional groups attached to an aromatic ring is 1. The summed E-state index contributed by atoms with van der Waals surface area (Å²) in [5, 5.41) is 2.85. The van der Waals surface area contributed by atoms with Crippen LogP contribution in [0.1, 0.15) is 18.4 Å². The smallest absolute Gasteiger partial charge is 0.250 e. The van der Waals surface area contributed by atoms with Gasteiger partial charge in [-0.05, 0) is 37.1 Å². The van der Waals surface area contributed by atoms with Gasteiger partial charge in [-0.2, -0.15) is 0 Å². The first-order chi connectivity index (χ1) is 10.1. The molecule has 5 nitrogen and oxygen atoms in total. The number of aromatic nitrogens is 1. The Morgan fingerprint density at radius 2 is 2.10 bits per heavy atom. The van der Waals surface area contributed by atoms with Gasteiger partial charge in [-0.1, -0.05) is 12.1 Å². The molecule has 0 aliphatic carbocycles. The van der Waals surface area contributed by atoms with Crippen molar-refractivity contribution in [2.45, 2.75) is 26.3 Å². The second-order valence-electron chi connectivity index (χ2n) is 4.96. The van der Waals surface area contributed by atoms with Crippen molar-refractivity contribution in [3.05, 3.63) is 58.5 Å². The van der Waals surface area contributed by atoms with Gasteiger partial charge >= 0.3 is 0 Å². The predicted molar refractivity (Wildman–Crippen MR) is 84.2 cm³/mol. The third kappa shape index (κ3) is 4.21. The zero-order valence-corrected chi connectivity index (χ0v) is 12.0. The van der Waals surface area contributed by atoms with Gasteiger partial charge in [-0.15, -0.1) is 0 Å². The Morgan fingerprint density at radius 1 is 1.29 bits per heavy atom. The van der Waals surface area contributed by atoms with E-state index in [4.69, 9.17) is 5.73 Å². The van der Waals surface area contributed by atoms with Crippen molar-refractivity contribution in [2.75, 3.05) is 11.1 Å². The van der Waals surface area contributed by atoms with E-state index in [-0.39, 0.29) is 11.5 Å². The van der Waals surface area contributed by atoms with Crippen molar-refractivity contribution in [1.82, 2.24) is 4.57 Å². The minimum atomic E-state index is -0.0762. The molecule has 0 saturated carbocycles. The molecule has 110 valence electrons. The van der Waals surface area contributed by atoms with Crippen LogP contribution in [0.3, 0.4) is 0 Å². The minimum Gasteiger partial charge on any atom is -0.399 e. The van der Waals surface area contributed by atoms with Gasteiger partial charge in [0.15, 0.2) is 0 Å². The highest BCUT2D eigenvalue weighted by Crippen LogP contribution is 2.18. The van der Waals surface area contributed by atoms with Crippen LogP contribution in [0.15, 0.2) is 47.4 Å². The van der Waals surface area contributed by atoms with Crippen LogP contribution in [0, 0.1) is 6.92 Å². The number of pyridine rings is 1. The Hall–Kier alpha value is -2.56. The van der Waals surface area contributed by atoms with E-state index in [1.807, 2.05) is 13.0 Å². The Labute approximate surface area is 123 Å². The molecule has 0 bridgehead atoms. The highest BCUT2D eigenvalue weighted by Gasteiger charge is 2.05. The SMILES string of the molecule is Cc1ccc(N)cc1NC(=O)CCCn1ccccc1=O. The van der Waals surface area contributed by atoms with E-state index < -0.39 is 0 Å². The van der Waals surface area contributed by atoms with Crippen LogP contribution in [0.2, 0.25) is 0 Å². The fourth-order valence-corrected chi connectivity index (χ4v) is 2.04. The Morgan fingerprint density at radius 3 is 2.86 bits per heavy atom. The molecule has 0 radical (unpaired) electrons. The first-order valence-electron chi connectivity index (χ1n) is 6.88. The highest BCUT2D eigenvalue weighted by atomic mass is 16.1. The Bertz CT molecular complexity index is 692. The van der Waals surface area contributed by atoms with E-state index in [1.54, 1.807) is 35.0 Å². The molecule has 1 aromatic carbocycles. The third-order valence-electron chi connectivity index (χ3n) is 3.24. The summed E-state index contributed by atoms with van der Waals surface area (Å²) in [5.41, 5.74) is 7.98. The summed E-state index contributed by atoms with van der Waals surface area (Å²) in [5.74, 6) is -0.0762. The quantitative estimate of drug-likeness (QED) is 0.826.